The fourth-order valence-electron chi connectivity index (χ4n) is 2.88. The summed E-state index contributed by atoms with van der Waals surface area (Å²) in [5.41, 5.74) is 0.505. The van der Waals surface area contributed by atoms with E-state index in [1.54, 1.807) is 17.9 Å². The Bertz CT molecular complexity index is 539. The molecule has 1 amide bonds. The molecule has 1 aromatic heterocycles. The number of aromatic nitrogens is 2. The molecule has 0 radical (unpaired) electrons. The Kier molecular flexibility index (Phi) is 6.22. The third kappa shape index (κ3) is 6.12. The highest BCUT2D eigenvalue weighted by Gasteiger charge is 2.32. The number of carbonyl (C=O) groups is 1. The first kappa shape index (κ1) is 18.7. The van der Waals surface area contributed by atoms with Gasteiger partial charge in [-0.15, -0.1) is 0 Å². The topological polar surface area (TPSA) is 70.4 Å². The van der Waals surface area contributed by atoms with Crippen molar-refractivity contribution in [3.8, 4) is 0 Å². The zero-order valence-corrected chi connectivity index (χ0v) is 13.6. The fourth-order valence-corrected chi connectivity index (χ4v) is 2.88. The first-order valence-electron chi connectivity index (χ1n) is 7.97. The van der Waals surface area contributed by atoms with Crippen molar-refractivity contribution in [2.75, 3.05) is 26.2 Å². The monoisotopic (exact) mass is 348 g/mol. The van der Waals surface area contributed by atoms with Crippen LogP contribution in [0, 0.1) is 5.92 Å². The zero-order valence-electron chi connectivity index (χ0n) is 13.6. The first-order chi connectivity index (χ1) is 11.2. The van der Waals surface area contributed by atoms with Crippen molar-refractivity contribution in [2.45, 2.75) is 31.5 Å². The average molecular weight is 348 g/mol. The lowest BCUT2D eigenvalue weighted by molar-refractivity contribution is -0.155. The summed E-state index contributed by atoms with van der Waals surface area (Å²) in [6.07, 6.45) is -2.19. The lowest BCUT2D eigenvalue weighted by atomic mass is 9.96. The van der Waals surface area contributed by atoms with Crippen LogP contribution in [0.1, 0.15) is 29.6 Å². The molecule has 1 unspecified atom stereocenters. The highest BCUT2D eigenvalue weighted by atomic mass is 19.4. The molecular weight excluding hydrogens is 325 g/mol. The van der Waals surface area contributed by atoms with Crippen LogP contribution >= 0.6 is 0 Å². The zero-order chi connectivity index (χ0) is 17.7. The minimum atomic E-state index is -4.34. The summed E-state index contributed by atoms with van der Waals surface area (Å²) in [7, 11) is 1.74. The number of alkyl halides is 3. The Morgan fingerprint density at radius 3 is 2.67 bits per heavy atom. The summed E-state index contributed by atoms with van der Waals surface area (Å²) in [5, 5.41) is 16.3. The van der Waals surface area contributed by atoms with E-state index in [-0.39, 0.29) is 12.5 Å². The number of aliphatic hydroxyl groups is 1. The maximum atomic E-state index is 12.2. The van der Waals surface area contributed by atoms with Crippen molar-refractivity contribution in [3.63, 3.8) is 0 Å². The number of amides is 1. The summed E-state index contributed by atoms with van der Waals surface area (Å²) in [6, 6.07) is 0. The first-order valence-corrected chi connectivity index (χ1v) is 7.97. The van der Waals surface area contributed by atoms with Crippen LogP contribution < -0.4 is 5.32 Å². The Labute approximate surface area is 138 Å². The normalized spacial score (nSPS) is 18.5. The number of hydrogen-bond acceptors (Lipinski definition) is 4. The molecule has 0 bridgehead atoms. The van der Waals surface area contributed by atoms with Crippen molar-refractivity contribution in [1.82, 2.24) is 20.0 Å². The molecule has 1 saturated heterocycles. The number of carbonyl (C=O) groups excluding carboxylic acids is 1. The van der Waals surface area contributed by atoms with Gasteiger partial charge in [0, 0.05) is 26.3 Å². The van der Waals surface area contributed by atoms with Gasteiger partial charge in [-0.3, -0.25) is 9.48 Å². The molecule has 6 nitrogen and oxygen atoms in total. The number of aliphatic hydroxyl groups excluding tert-OH is 1. The molecule has 1 atom stereocenters. The van der Waals surface area contributed by atoms with Crippen molar-refractivity contribution >= 4 is 5.91 Å². The number of aryl methyl sites for hydroxylation is 1. The van der Waals surface area contributed by atoms with Crippen LogP contribution in [0.4, 0.5) is 13.2 Å². The molecule has 0 aliphatic carbocycles. The van der Waals surface area contributed by atoms with E-state index in [9.17, 15) is 23.1 Å². The van der Waals surface area contributed by atoms with E-state index >= 15 is 0 Å². The quantitative estimate of drug-likeness (QED) is 0.810. The number of hydrogen-bond donors (Lipinski definition) is 2. The van der Waals surface area contributed by atoms with E-state index in [4.69, 9.17) is 0 Å². The van der Waals surface area contributed by atoms with Crippen LogP contribution in [0.5, 0.6) is 0 Å². The highest BCUT2D eigenvalue weighted by molar-refractivity contribution is 5.93. The maximum absolute atomic E-state index is 12.2. The Morgan fingerprint density at radius 2 is 2.12 bits per heavy atom. The Morgan fingerprint density at radius 1 is 1.46 bits per heavy atom. The van der Waals surface area contributed by atoms with E-state index < -0.39 is 18.7 Å². The van der Waals surface area contributed by atoms with Crippen molar-refractivity contribution < 1.29 is 23.1 Å². The van der Waals surface area contributed by atoms with E-state index in [1.165, 1.54) is 6.20 Å². The minimum Gasteiger partial charge on any atom is -0.391 e. The number of piperidine rings is 1. The predicted molar refractivity (Wildman–Crippen MR) is 81.4 cm³/mol. The average Bonchev–Trinajstić information content (AvgIpc) is 2.91. The smallest absolute Gasteiger partial charge is 0.391 e. The lowest BCUT2D eigenvalue weighted by Crippen LogP contribution is -2.42. The van der Waals surface area contributed by atoms with E-state index in [0.29, 0.717) is 31.1 Å². The van der Waals surface area contributed by atoms with Crippen molar-refractivity contribution in [1.29, 1.82) is 0 Å². The van der Waals surface area contributed by atoms with Gasteiger partial charge in [0.25, 0.3) is 5.91 Å². The largest absolute Gasteiger partial charge is 0.391 e. The molecule has 1 aliphatic rings. The molecule has 1 aliphatic heterocycles. The molecule has 2 N–H and O–H groups in total. The van der Waals surface area contributed by atoms with Crippen molar-refractivity contribution in [3.05, 3.63) is 18.0 Å². The highest BCUT2D eigenvalue weighted by Crippen LogP contribution is 2.23. The van der Waals surface area contributed by atoms with E-state index in [1.807, 2.05) is 4.90 Å². The lowest BCUT2D eigenvalue weighted by Gasteiger charge is -2.33. The van der Waals surface area contributed by atoms with Crippen LogP contribution in [0.15, 0.2) is 12.4 Å². The minimum absolute atomic E-state index is 0.0360. The second kappa shape index (κ2) is 7.98. The number of likely N-dealkylation sites (tertiary alicyclic amines) is 1. The van der Waals surface area contributed by atoms with Crippen LogP contribution in [-0.4, -0.2) is 64.2 Å². The van der Waals surface area contributed by atoms with Gasteiger partial charge in [0.2, 0.25) is 0 Å². The summed E-state index contributed by atoms with van der Waals surface area (Å²) in [6.45, 7) is 1.83. The molecule has 0 spiro atoms. The van der Waals surface area contributed by atoms with Gasteiger partial charge in [0.15, 0.2) is 0 Å². The van der Waals surface area contributed by atoms with Gasteiger partial charge in [-0.1, -0.05) is 0 Å². The SMILES string of the molecule is Cn1cc(C(=O)NCC2CCN(CC(O)CC(F)(F)F)CC2)cn1. The number of nitrogens with one attached hydrogen (secondary N) is 1. The molecule has 2 heterocycles. The number of rotatable bonds is 6. The summed E-state index contributed by atoms with van der Waals surface area (Å²) >= 11 is 0. The van der Waals surface area contributed by atoms with Gasteiger partial charge in [0.05, 0.1) is 24.3 Å². The number of halogens is 3. The van der Waals surface area contributed by atoms with Crippen molar-refractivity contribution in [2.24, 2.45) is 13.0 Å². The van der Waals surface area contributed by atoms with E-state index in [0.717, 1.165) is 12.8 Å². The predicted octanol–water partition coefficient (Wildman–Crippen LogP) is 1.18. The van der Waals surface area contributed by atoms with Crippen LogP contribution in [-0.2, 0) is 7.05 Å². The van der Waals surface area contributed by atoms with Gasteiger partial charge in [-0.25, -0.2) is 0 Å². The van der Waals surface area contributed by atoms with Gasteiger partial charge < -0.3 is 15.3 Å². The number of nitrogens with zero attached hydrogens (tertiary/aromatic N) is 3. The molecule has 1 fully saturated rings. The molecule has 136 valence electrons. The standard InChI is InChI=1S/C15H23F3N4O2/c1-21-9-12(8-20-21)14(24)19-7-11-2-4-22(5-3-11)10-13(23)6-15(16,17)18/h8-9,11,13,23H,2-7,10H2,1H3,(H,19,24). The Hall–Kier alpha value is -1.61. The fraction of sp³-hybridized carbons (Fsp3) is 0.733. The summed E-state index contributed by atoms with van der Waals surface area (Å²) in [4.78, 5) is 13.8. The maximum Gasteiger partial charge on any atom is 0.391 e. The third-order valence-corrected chi connectivity index (χ3v) is 4.16. The van der Waals surface area contributed by atoms with Crippen LogP contribution in [0.25, 0.3) is 0 Å². The summed E-state index contributed by atoms with van der Waals surface area (Å²) < 4.78 is 38.2. The molecule has 2 rings (SSSR count). The number of β-amino-alcohol motifs (C(OH)–C–C–N with tert-alkyl or cyclic N) is 1. The van der Waals surface area contributed by atoms with E-state index in [2.05, 4.69) is 10.4 Å². The van der Waals surface area contributed by atoms with Gasteiger partial charge in [-0.2, -0.15) is 18.3 Å². The van der Waals surface area contributed by atoms with Crippen LogP contribution in [0.3, 0.4) is 0 Å². The third-order valence-electron chi connectivity index (χ3n) is 4.16. The molecule has 0 aromatic carbocycles. The summed E-state index contributed by atoms with van der Waals surface area (Å²) in [5.74, 6) is 0.118. The van der Waals surface area contributed by atoms with Gasteiger partial charge >= 0.3 is 6.18 Å². The van der Waals surface area contributed by atoms with Gasteiger partial charge in [0.1, 0.15) is 0 Å². The van der Waals surface area contributed by atoms with Crippen LogP contribution in [0.2, 0.25) is 0 Å². The Balaban J connectivity index is 1.66. The van der Waals surface area contributed by atoms with Gasteiger partial charge in [-0.05, 0) is 31.8 Å². The molecule has 1 aromatic rings. The molecule has 24 heavy (non-hydrogen) atoms. The molecular formula is C15H23F3N4O2. The molecule has 9 heteroatoms. The second-order valence-electron chi connectivity index (χ2n) is 6.33. The molecule has 0 saturated carbocycles. The second-order valence-corrected chi connectivity index (χ2v) is 6.33.